The van der Waals surface area contributed by atoms with Crippen LogP contribution in [-0.4, -0.2) is 41.8 Å². The van der Waals surface area contributed by atoms with E-state index in [1.165, 1.54) is 0 Å². The van der Waals surface area contributed by atoms with Gasteiger partial charge in [0.25, 0.3) is 11.1 Å². The predicted octanol–water partition coefficient (Wildman–Crippen LogP) is 3.46. The van der Waals surface area contributed by atoms with E-state index in [0.29, 0.717) is 21.4 Å². The van der Waals surface area contributed by atoms with Gasteiger partial charge in [0.15, 0.2) is 11.5 Å². The molecule has 0 aromatic heterocycles. The molecule has 0 aliphatic carbocycles. The van der Waals surface area contributed by atoms with Gasteiger partial charge in [0.2, 0.25) is 12.7 Å². The number of carbonyl (C=O) groups is 3. The number of hydrogen-bond acceptors (Lipinski definition) is 6. The van der Waals surface area contributed by atoms with Crippen LogP contribution in [0.5, 0.6) is 11.5 Å². The van der Waals surface area contributed by atoms with Crippen LogP contribution in [0.4, 0.5) is 4.79 Å². The molecular weight excluding hydrogens is 428 g/mol. The van der Waals surface area contributed by atoms with Gasteiger partial charge in [0.1, 0.15) is 0 Å². The monoisotopic (exact) mass is 444 g/mol. The zero-order valence-electron chi connectivity index (χ0n) is 15.7. The molecule has 0 unspecified atom stereocenters. The molecule has 0 saturated carbocycles. The van der Waals surface area contributed by atoms with Crippen molar-refractivity contribution >= 4 is 46.5 Å². The molecule has 0 spiro atoms. The largest absolute Gasteiger partial charge is 0.454 e. The van der Waals surface area contributed by atoms with Crippen molar-refractivity contribution in [2.24, 2.45) is 0 Å². The van der Waals surface area contributed by atoms with Gasteiger partial charge in [-0.15, -0.1) is 0 Å². The van der Waals surface area contributed by atoms with E-state index < -0.39 is 0 Å². The highest BCUT2D eigenvalue weighted by Crippen LogP contribution is 2.36. The lowest BCUT2D eigenvalue weighted by Gasteiger charge is -2.13. The molecule has 0 atom stereocenters. The first-order valence-corrected chi connectivity index (χ1v) is 10.4. The van der Waals surface area contributed by atoms with Crippen molar-refractivity contribution in [1.29, 1.82) is 0 Å². The summed E-state index contributed by atoms with van der Waals surface area (Å²) in [4.78, 5) is 38.4. The third-order valence-electron chi connectivity index (χ3n) is 4.53. The Labute approximate surface area is 182 Å². The SMILES string of the molecule is O=C(Cc1ccccc1Cl)NCCN1C(=O)S/C(=C\c2ccc3c(c2)OCO3)C1=O. The summed E-state index contributed by atoms with van der Waals surface area (Å²) < 4.78 is 10.6. The average molecular weight is 445 g/mol. The van der Waals surface area contributed by atoms with Crippen LogP contribution in [0.15, 0.2) is 47.4 Å². The van der Waals surface area contributed by atoms with Crippen molar-refractivity contribution in [1.82, 2.24) is 10.2 Å². The van der Waals surface area contributed by atoms with Gasteiger partial charge in [0.05, 0.1) is 11.3 Å². The second kappa shape index (κ2) is 8.81. The molecule has 1 fully saturated rings. The maximum atomic E-state index is 12.6. The van der Waals surface area contributed by atoms with Gasteiger partial charge < -0.3 is 14.8 Å². The Bertz CT molecular complexity index is 1060. The minimum atomic E-state index is -0.386. The smallest absolute Gasteiger partial charge is 0.293 e. The van der Waals surface area contributed by atoms with Crippen LogP contribution in [-0.2, 0) is 16.0 Å². The molecule has 3 amide bonds. The zero-order chi connectivity index (χ0) is 21.1. The molecule has 2 aliphatic heterocycles. The number of fused-ring (bicyclic) bond motifs is 1. The Hall–Kier alpha value is -2.97. The highest BCUT2D eigenvalue weighted by molar-refractivity contribution is 8.18. The number of ether oxygens (including phenoxy) is 2. The highest BCUT2D eigenvalue weighted by Gasteiger charge is 2.34. The molecular formula is C21H17ClN2O5S. The lowest BCUT2D eigenvalue weighted by Crippen LogP contribution is -2.37. The fraction of sp³-hybridized carbons (Fsp3) is 0.190. The number of thioether (sulfide) groups is 1. The number of hydrogen-bond donors (Lipinski definition) is 1. The molecule has 1 N–H and O–H groups in total. The molecule has 9 heteroatoms. The minimum absolute atomic E-state index is 0.0947. The maximum absolute atomic E-state index is 12.6. The standard InChI is InChI=1S/C21H17ClN2O5S/c22-15-4-2-1-3-14(15)11-19(25)23-7-8-24-20(26)18(30-21(24)27)10-13-5-6-16-17(9-13)29-12-28-16/h1-6,9-10H,7-8,11-12H2,(H,23,25)/b18-10-. The summed E-state index contributed by atoms with van der Waals surface area (Å²) in [5.74, 6) is 0.631. The van der Waals surface area contributed by atoms with Gasteiger partial charge in [-0.3, -0.25) is 19.3 Å². The van der Waals surface area contributed by atoms with Crippen molar-refractivity contribution in [3.8, 4) is 11.5 Å². The summed E-state index contributed by atoms with van der Waals surface area (Å²) in [5, 5.41) is 2.87. The van der Waals surface area contributed by atoms with Crippen LogP contribution < -0.4 is 14.8 Å². The quantitative estimate of drug-likeness (QED) is 0.687. The Morgan fingerprint density at radius 2 is 1.97 bits per heavy atom. The van der Waals surface area contributed by atoms with Crippen LogP contribution in [0, 0.1) is 0 Å². The molecule has 2 aromatic carbocycles. The fourth-order valence-electron chi connectivity index (χ4n) is 3.03. The molecule has 4 rings (SSSR count). The summed E-state index contributed by atoms with van der Waals surface area (Å²) in [6.45, 7) is 0.424. The Morgan fingerprint density at radius 1 is 1.17 bits per heavy atom. The number of carbonyl (C=O) groups excluding carboxylic acids is 3. The van der Waals surface area contributed by atoms with E-state index in [2.05, 4.69) is 5.32 Å². The number of benzene rings is 2. The van der Waals surface area contributed by atoms with Gasteiger partial charge in [0, 0.05) is 18.1 Å². The molecule has 154 valence electrons. The summed E-state index contributed by atoms with van der Waals surface area (Å²) in [6.07, 6.45) is 1.77. The third kappa shape index (κ3) is 4.44. The topological polar surface area (TPSA) is 84.9 Å². The maximum Gasteiger partial charge on any atom is 0.293 e. The molecule has 0 radical (unpaired) electrons. The van der Waals surface area contributed by atoms with E-state index in [4.69, 9.17) is 21.1 Å². The van der Waals surface area contributed by atoms with E-state index in [1.54, 1.807) is 48.5 Å². The molecule has 2 heterocycles. The fourth-order valence-corrected chi connectivity index (χ4v) is 4.10. The number of amides is 3. The van der Waals surface area contributed by atoms with Crippen molar-refractivity contribution in [2.45, 2.75) is 6.42 Å². The number of imide groups is 1. The first-order chi connectivity index (χ1) is 14.5. The lowest BCUT2D eigenvalue weighted by atomic mass is 10.1. The summed E-state index contributed by atoms with van der Waals surface area (Å²) >= 11 is 6.93. The molecule has 30 heavy (non-hydrogen) atoms. The Morgan fingerprint density at radius 3 is 2.80 bits per heavy atom. The Balaban J connectivity index is 1.33. The van der Waals surface area contributed by atoms with Crippen molar-refractivity contribution in [3.05, 3.63) is 63.5 Å². The second-order valence-electron chi connectivity index (χ2n) is 6.56. The molecule has 1 saturated heterocycles. The van der Waals surface area contributed by atoms with Crippen LogP contribution in [0.3, 0.4) is 0 Å². The van der Waals surface area contributed by atoms with Crippen LogP contribution in [0.1, 0.15) is 11.1 Å². The van der Waals surface area contributed by atoms with E-state index in [9.17, 15) is 14.4 Å². The summed E-state index contributed by atoms with van der Waals surface area (Å²) in [5.41, 5.74) is 1.45. The number of rotatable bonds is 6. The molecule has 2 aliphatic rings. The first kappa shape index (κ1) is 20.3. The van der Waals surface area contributed by atoms with Gasteiger partial charge in [-0.05, 0) is 47.2 Å². The van der Waals surface area contributed by atoms with Crippen LogP contribution >= 0.6 is 23.4 Å². The van der Waals surface area contributed by atoms with Crippen LogP contribution in [0.2, 0.25) is 5.02 Å². The molecule has 0 bridgehead atoms. The zero-order valence-corrected chi connectivity index (χ0v) is 17.3. The lowest BCUT2D eigenvalue weighted by molar-refractivity contribution is -0.124. The van der Waals surface area contributed by atoms with Crippen molar-refractivity contribution in [2.75, 3.05) is 19.9 Å². The highest BCUT2D eigenvalue weighted by atomic mass is 35.5. The van der Waals surface area contributed by atoms with Crippen molar-refractivity contribution in [3.63, 3.8) is 0 Å². The van der Waals surface area contributed by atoms with Gasteiger partial charge in [-0.2, -0.15) is 0 Å². The minimum Gasteiger partial charge on any atom is -0.454 e. The van der Waals surface area contributed by atoms with Gasteiger partial charge >= 0.3 is 0 Å². The van der Waals surface area contributed by atoms with E-state index >= 15 is 0 Å². The third-order valence-corrected chi connectivity index (χ3v) is 5.81. The van der Waals surface area contributed by atoms with E-state index in [-0.39, 0.29) is 43.4 Å². The molecule has 7 nitrogen and oxygen atoms in total. The summed E-state index contributed by atoms with van der Waals surface area (Å²) in [6, 6.07) is 12.4. The second-order valence-corrected chi connectivity index (χ2v) is 7.96. The predicted molar refractivity (Wildman–Crippen MR) is 113 cm³/mol. The van der Waals surface area contributed by atoms with Gasteiger partial charge in [-0.25, -0.2) is 0 Å². The number of nitrogens with one attached hydrogen (secondary N) is 1. The van der Waals surface area contributed by atoms with Crippen molar-refractivity contribution < 1.29 is 23.9 Å². The normalized spacial score (nSPS) is 16.4. The van der Waals surface area contributed by atoms with Crippen LogP contribution in [0.25, 0.3) is 6.08 Å². The molecule has 2 aromatic rings. The summed E-state index contributed by atoms with van der Waals surface area (Å²) in [7, 11) is 0. The average Bonchev–Trinajstić information content (AvgIpc) is 3.29. The van der Waals surface area contributed by atoms with E-state index in [1.807, 2.05) is 0 Å². The number of halogens is 1. The number of nitrogens with zero attached hydrogens (tertiary/aromatic N) is 1. The van der Waals surface area contributed by atoms with Gasteiger partial charge in [-0.1, -0.05) is 35.9 Å². The Kier molecular flexibility index (Phi) is 5.96. The first-order valence-electron chi connectivity index (χ1n) is 9.16. The van der Waals surface area contributed by atoms with E-state index in [0.717, 1.165) is 27.8 Å².